The van der Waals surface area contributed by atoms with Gasteiger partial charge in [0.2, 0.25) is 0 Å². The molecule has 4 heteroatoms. The number of hydrogen-bond acceptors (Lipinski definition) is 3. The van der Waals surface area contributed by atoms with Gasteiger partial charge in [-0.3, -0.25) is 0 Å². The van der Waals surface area contributed by atoms with Crippen LogP contribution in [0.4, 0.5) is 4.39 Å². The number of rotatable bonds is 2. The fourth-order valence-corrected chi connectivity index (χ4v) is 1.55. The summed E-state index contributed by atoms with van der Waals surface area (Å²) in [4.78, 5) is 5.03. The Balaban J connectivity index is 2.39. The average molecular weight is 195 g/mol. The lowest BCUT2D eigenvalue weighted by Gasteiger charge is -2.23. The molecule has 1 atom stereocenters. The number of hydrogen-bond donors (Lipinski definition) is 0. The molecule has 1 unspecified atom stereocenters. The Morgan fingerprint density at radius 3 is 3.21 bits per heavy atom. The van der Waals surface area contributed by atoms with Crippen molar-refractivity contribution in [1.82, 2.24) is 0 Å². The maximum absolute atomic E-state index is 13.3. The Bertz CT molecular complexity index is 354. The van der Waals surface area contributed by atoms with Crippen LogP contribution in [0.25, 0.3) is 0 Å². The maximum atomic E-state index is 13.3. The number of ether oxygens (including phenoxy) is 1. The van der Waals surface area contributed by atoms with Crippen LogP contribution >= 0.6 is 0 Å². The van der Waals surface area contributed by atoms with E-state index in [-0.39, 0.29) is 17.7 Å². The van der Waals surface area contributed by atoms with Gasteiger partial charge in [0.1, 0.15) is 0 Å². The molecule has 2 rings (SSSR count). The first-order valence-corrected chi connectivity index (χ1v) is 4.36. The monoisotopic (exact) mass is 195 g/mol. The van der Waals surface area contributed by atoms with Crippen LogP contribution in [0.1, 0.15) is 18.1 Å². The van der Waals surface area contributed by atoms with Crippen molar-refractivity contribution in [2.24, 2.45) is 5.16 Å². The number of fused-ring (bicyclic) bond motifs is 1. The van der Waals surface area contributed by atoms with Gasteiger partial charge < -0.3 is 9.57 Å². The third-order valence-electron chi connectivity index (χ3n) is 2.17. The minimum absolute atomic E-state index is 0.244. The molecule has 0 amide bonds. The summed E-state index contributed by atoms with van der Waals surface area (Å²) in [5, 5.41) is 3.36. The molecule has 14 heavy (non-hydrogen) atoms. The zero-order valence-corrected chi connectivity index (χ0v) is 7.57. The summed E-state index contributed by atoms with van der Waals surface area (Å²) in [5.41, 5.74) is 0.698. The quantitative estimate of drug-likeness (QED) is 0.535. The standard InChI is InChI=1S/C10H10FNO2/c1-12-14-9-5-6-13-10-7(9)3-2-4-8(10)11/h2-4,9H,1,5-6H2. The van der Waals surface area contributed by atoms with E-state index in [2.05, 4.69) is 11.9 Å². The third kappa shape index (κ3) is 1.43. The molecule has 3 nitrogen and oxygen atoms in total. The molecule has 1 aromatic rings. The smallest absolute Gasteiger partial charge is 0.165 e. The first kappa shape index (κ1) is 8.99. The SMILES string of the molecule is C=NOC1CCOc2c(F)cccc21. The molecular formula is C10H10FNO2. The topological polar surface area (TPSA) is 30.8 Å². The van der Waals surface area contributed by atoms with Crippen LogP contribution in [-0.4, -0.2) is 13.3 Å². The summed E-state index contributed by atoms with van der Waals surface area (Å²) in [5.74, 6) is -0.0905. The highest BCUT2D eigenvalue weighted by molar-refractivity contribution is 5.38. The fraction of sp³-hybridized carbons (Fsp3) is 0.300. The zero-order valence-electron chi connectivity index (χ0n) is 7.57. The molecular weight excluding hydrogens is 185 g/mol. The van der Waals surface area contributed by atoms with Gasteiger partial charge in [0, 0.05) is 18.7 Å². The number of para-hydroxylation sites is 1. The second-order valence-electron chi connectivity index (χ2n) is 3.02. The highest BCUT2D eigenvalue weighted by Gasteiger charge is 2.25. The summed E-state index contributed by atoms with van der Waals surface area (Å²) in [6, 6.07) is 4.76. The molecule has 0 saturated heterocycles. The van der Waals surface area contributed by atoms with Gasteiger partial charge in [-0.15, -0.1) is 5.16 Å². The van der Waals surface area contributed by atoms with Gasteiger partial charge >= 0.3 is 0 Å². The number of oxime groups is 1. The average Bonchev–Trinajstić information content (AvgIpc) is 2.20. The Morgan fingerprint density at radius 1 is 1.57 bits per heavy atom. The van der Waals surface area contributed by atoms with Gasteiger partial charge in [0.05, 0.1) is 6.61 Å². The van der Waals surface area contributed by atoms with Crippen molar-refractivity contribution in [2.75, 3.05) is 6.61 Å². The van der Waals surface area contributed by atoms with E-state index < -0.39 is 0 Å². The van der Waals surface area contributed by atoms with Crippen LogP contribution in [-0.2, 0) is 4.84 Å². The molecule has 1 aromatic carbocycles. The van der Waals surface area contributed by atoms with Gasteiger partial charge in [0.15, 0.2) is 17.7 Å². The lowest BCUT2D eigenvalue weighted by molar-refractivity contribution is 0.0284. The van der Waals surface area contributed by atoms with Crippen LogP contribution in [0.2, 0.25) is 0 Å². The molecule has 0 bridgehead atoms. The van der Waals surface area contributed by atoms with Crippen molar-refractivity contribution in [3.8, 4) is 5.75 Å². The lowest BCUT2D eigenvalue weighted by Crippen LogP contribution is -2.16. The first-order valence-electron chi connectivity index (χ1n) is 4.36. The van der Waals surface area contributed by atoms with Gasteiger partial charge in [-0.1, -0.05) is 12.1 Å². The van der Waals surface area contributed by atoms with E-state index in [1.54, 1.807) is 12.1 Å². The van der Waals surface area contributed by atoms with Gasteiger partial charge in [-0.2, -0.15) is 0 Å². The van der Waals surface area contributed by atoms with E-state index in [1.165, 1.54) is 6.07 Å². The van der Waals surface area contributed by atoms with Gasteiger partial charge in [-0.05, 0) is 6.07 Å². The van der Waals surface area contributed by atoms with E-state index in [0.29, 0.717) is 18.6 Å². The molecule has 0 fully saturated rings. The third-order valence-corrected chi connectivity index (χ3v) is 2.17. The minimum atomic E-state index is -0.361. The first-order chi connectivity index (χ1) is 6.83. The van der Waals surface area contributed by atoms with Crippen molar-refractivity contribution in [3.63, 3.8) is 0 Å². The summed E-state index contributed by atoms with van der Waals surface area (Å²) in [6.07, 6.45) is 0.419. The van der Waals surface area contributed by atoms with E-state index in [1.807, 2.05) is 0 Å². The lowest BCUT2D eigenvalue weighted by atomic mass is 10.0. The van der Waals surface area contributed by atoms with Crippen LogP contribution in [0, 0.1) is 5.82 Å². The highest BCUT2D eigenvalue weighted by atomic mass is 19.1. The van der Waals surface area contributed by atoms with E-state index in [9.17, 15) is 4.39 Å². The van der Waals surface area contributed by atoms with Gasteiger partial charge in [-0.25, -0.2) is 4.39 Å². The van der Waals surface area contributed by atoms with Crippen LogP contribution in [0.3, 0.4) is 0 Å². The van der Waals surface area contributed by atoms with Crippen LogP contribution < -0.4 is 4.74 Å². The fourth-order valence-electron chi connectivity index (χ4n) is 1.55. The zero-order chi connectivity index (χ0) is 9.97. The number of halogens is 1. The van der Waals surface area contributed by atoms with E-state index in [4.69, 9.17) is 9.57 Å². The molecule has 1 aliphatic heterocycles. The Kier molecular flexibility index (Phi) is 2.35. The predicted molar refractivity (Wildman–Crippen MR) is 49.9 cm³/mol. The highest BCUT2D eigenvalue weighted by Crippen LogP contribution is 2.36. The summed E-state index contributed by atoms with van der Waals surface area (Å²) < 4.78 is 18.5. The van der Waals surface area contributed by atoms with Crippen LogP contribution in [0.5, 0.6) is 5.75 Å². The summed E-state index contributed by atoms with van der Waals surface area (Å²) in [7, 11) is 0. The Labute approximate surface area is 81.1 Å². The second-order valence-corrected chi connectivity index (χ2v) is 3.02. The summed E-state index contributed by atoms with van der Waals surface area (Å²) >= 11 is 0. The predicted octanol–water partition coefficient (Wildman–Crippen LogP) is 2.28. The van der Waals surface area contributed by atoms with Crippen molar-refractivity contribution >= 4 is 6.72 Å². The van der Waals surface area contributed by atoms with Crippen molar-refractivity contribution < 1.29 is 14.0 Å². The van der Waals surface area contributed by atoms with E-state index >= 15 is 0 Å². The molecule has 0 N–H and O–H groups in total. The molecule has 0 radical (unpaired) electrons. The largest absolute Gasteiger partial charge is 0.490 e. The number of nitrogens with zero attached hydrogens (tertiary/aromatic N) is 1. The Hall–Kier alpha value is -1.58. The molecule has 1 aliphatic rings. The number of benzene rings is 1. The minimum Gasteiger partial charge on any atom is -0.490 e. The van der Waals surface area contributed by atoms with Crippen molar-refractivity contribution in [3.05, 3.63) is 29.6 Å². The van der Waals surface area contributed by atoms with Crippen LogP contribution in [0.15, 0.2) is 23.4 Å². The normalized spacial score (nSPS) is 19.4. The van der Waals surface area contributed by atoms with Crippen molar-refractivity contribution in [2.45, 2.75) is 12.5 Å². The molecule has 74 valence electrons. The molecule has 0 saturated carbocycles. The molecule has 0 aliphatic carbocycles. The molecule has 1 heterocycles. The maximum Gasteiger partial charge on any atom is 0.165 e. The Morgan fingerprint density at radius 2 is 2.43 bits per heavy atom. The van der Waals surface area contributed by atoms with Gasteiger partial charge in [0.25, 0.3) is 0 Å². The molecule has 0 spiro atoms. The van der Waals surface area contributed by atoms with Crippen molar-refractivity contribution in [1.29, 1.82) is 0 Å². The molecule has 0 aromatic heterocycles. The summed E-state index contributed by atoms with van der Waals surface area (Å²) in [6.45, 7) is 3.68. The second kappa shape index (κ2) is 3.65. The van der Waals surface area contributed by atoms with E-state index in [0.717, 1.165) is 0 Å².